The third kappa shape index (κ3) is 7.43. The molecule has 18 heavy (non-hydrogen) atoms. The molecule has 0 bridgehead atoms. The summed E-state index contributed by atoms with van der Waals surface area (Å²) in [5.74, 6) is -1.83. The van der Waals surface area contributed by atoms with Crippen molar-refractivity contribution in [2.45, 2.75) is 45.3 Å². The Bertz CT molecular complexity index is 343. The van der Waals surface area contributed by atoms with Gasteiger partial charge in [-0.1, -0.05) is 6.08 Å². The number of carbonyl (C=O) groups excluding carboxylic acids is 2. The summed E-state index contributed by atoms with van der Waals surface area (Å²) >= 11 is 0. The molecule has 0 aromatic heterocycles. The molecule has 102 valence electrons. The summed E-state index contributed by atoms with van der Waals surface area (Å²) < 4.78 is 4.99. The van der Waals surface area contributed by atoms with E-state index in [2.05, 4.69) is 11.9 Å². The Morgan fingerprint density at radius 1 is 1.39 bits per heavy atom. The van der Waals surface area contributed by atoms with Gasteiger partial charge in [-0.2, -0.15) is 0 Å². The number of carbonyl (C=O) groups is 3. The van der Waals surface area contributed by atoms with Gasteiger partial charge in [0.15, 0.2) is 5.78 Å². The predicted octanol–water partition coefficient (Wildman–Crippen LogP) is 1.50. The molecule has 0 aliphatic heterocycles. The normalized spacial score (nSPS) is 12.4. The van der Waals surface area contributed by atoms with Crippen molar-refractivity contribution in [2.24, 2.45) is 0 Å². The fourth-order valence-corrected chi connectivity index (χ4v) is 1.16. The number of hydrogen-bond acceptors (Lipinski definition) is 4. The minimum atomic E-state index is -1.24. The van der Waals surface area contributed by atoms with Gasteiger partial charge in [-0.05, 0) is 27.2 Å². The van der Waals surface area contributed by atoms with Crippen molar-refractivity contribution in [1.29, 1.82) is 0 Å². The molecule has 0 aromatic carbocycles. The zero-order chi connectivity index (χ0) is 14.3. The first-order chi connectivity index (χ1) is 8.15. The van der Waals surface area contributed by atoms with Crippen LogP contribution >= 0.6 is 0 Å². The molecule has 1 unspecified atom stereocenters. The van der Waals surface area contributed by atoms with Crippen LogP contribution in [-0.4, -0.2) is 34.6 Å². The van der Waals surface area contributed by atoms with Crippen molar-refractivity contribution in [1.82, 2.24) is 5.32 Å². The van der Waals surface area contributed by atoms with Crippen LogP contribution in [0.4, 0.5) is 4.79 Å². The number of amides is 1. The number of ether oxygens (including phenoxy) is 1. The quantitative estimate of drug-likeness (QED) is 0.555. The number of carboxylic acid groups (broad SMARTS) is 1. The number of rotatable bonds is 6. The van der Waals surface area contributed by atoms with Crippen molar-refractivity contribution >= 4 is 17.8 Å². The highest BCUT2D eigenvalue weighted by Gasteiger charge is 2.24. The topological polar surface area (TPSA) is 92.7 Å². The minimum absolute atomic E-state index is 0.158. The largest absolute Gasteiger partial charge is 0.481 e. The number of alkyl carbamates (subject to hydrolysis) is 1. The Balaban J connectivity index is 4.52. The molecule has 0 saturated heterocycles. The molecular formula is C12H19NO5. The summed E-state index contributed by atoms with van der Waals surface area (Å²) in [6.07, 6.45) is 0.189. The first-order valence-electron chi connectivity index (χ1n) is 5.50. The first kappa shape index (κ1) is 16.1. The molecule has 0 aliphatic carbocycles. The number of Topliss-reactive ketones (excluding diaryl/α,β-unsaturated/α-hetero) is 1. The van der Waals surface area contributed by atoms with Crippen molar-refractivity contribution in [3.63, 3.8) is 0 Å². The van der Waals surface area contributed by atoms with E-state index < -0.39 is 35.9 Å². The van der Waals surface area contributed by atoms with E-state index in [4.69, 9.17) is 9.84 Å². The average Bonchev–Trinajstić information content (AvgIpc) is 2.12. The Hall–Kier alpha value is -1.85. The maximum Gasteiger partial charge on any atom is 0.408 e. The van der Waals surface area contributed by atoms with Crippen LogP contribution < -0.4 is 5.32 Å². The standard InChI is InChI=1S/C12H19NO5/c1-5-6-8(9(14)7-10(15)16)13-11(17)18-12(2,3)4/h5,8H,1,6-7H2,2-4H3,(H,13,17)(H,15,16). The molecule has 2 N–H and O–H groups in total. The van der Waals surface area contributed by atoms with Gasteiger partial charge in [0.2, 0.25) is 0 Å². The van der Waals surface area contributed by atoms with Crippen LogP contribution in [0.15, 0.2) is 12.7 Å². The second-order valence-corrected chi connectivity index (χ2v) is 4.76. The van der Waals surface area contributed by atoms with E-state index in [1.165, 1.54) is 6.08 Å². The maximum atomic E-state index is 11.5. The molecular weight excluding hydrogens is 238 g/mol. The van der Waals surface area contributed by atoms with Gasteiger partial charge in [0.1, 0.15) is 12.0 Å². The lowest BCUT2D eigenvalue weighted by Crippen LogP contribution is -2.43. The van der Waals surface area contributed by atoms with Gasteiger partial charge in [-0.25, -0.2) is 4.79 Å². The summed E-state index contributed by atoms with van der Waals surface area (Å²) in [5, 5.41) is 10.9. The number of nitrogens with one attached hydrogen (secondary N) is 1. The van der Waals surface area contributed by atoms with Crippen LogP contribution in [0.3, 0.4) is 0 Å². The van der Waals surface area contributed by atoms with E-state index in [9.17, 15) is 14.4 Å². The van der Waals surface area contributed by atoms with Crippen molar-refractivity contribution in [2.75, 3.05) is 0 Å². The zero-order valence-electron chi connectivity index (χ0n) is 10.9. The summed E-state index contributed by atoms with van der Waals surface area (Å²) in [7, 11) is 0. The molecule has 0 aliphatic rings. The van der Waals surface area contributed by atoms with Gasteiger partial charge in [0.25, 0.3) is 0 Å². The van der Waals surface area contributed by atoms with Gasteiger partial charge in [-0.3, -0.25) is 9.59 Å². The highest BCUT2D eigenvalue weighted by molar-refractivity contribution is 5.99. The summed E-state index contributed by atoms with van der Waals surface area (Å²) in [6.45, 7) is 8.52. The van der Waals surface area contributed by atoms with Crippen LogP contribution in [0.5, 0.6) is 0 Å². The second kappa shape index (κ2) is 6.78. The van der Waals surface area contributed by atoms with Gasteiger partial charge in [0, 0.05) is 0 Å². The molecule has 0 fully saturated rings. The highest BCUT2D eigenvalue weighted by atomic mass is 16.6. The number of ketones is 1. The molecule has 1 amide bonds. The molecule has 0 heterocycles. The molecule has 0 spiro atoms. The molecule has 6 nitrogen and oxygen atoms in total. The summed E-state index contributed by atoms with van der Waals surface area (Å²) in [4.78, 5) is 33.5. The van der Waals surface area contributed by atoms with Crippen LogP contribution in [0, 0.1) is 0 Å². The molecule has 6 heteroatoms. The van der Waals surface area contributed by atoms with Crippen molar-refractivity contribution in [3.05, 3.63) is 12.7 Å². The monoisotopic (exact) mass is 257 g/mol. The van der Waals surface area contributed by atoms with E-state index >= 15 is 0 Å². The first-order valence-corrected chi connectivity index (χ1v) is 5.50. The van der Waals surface area contributed by atoms with Crippen LogP contribution in [0.25, 0.3) is 0 Å². The molecule has 0 rings (SSSR count). The number of aliphatic carboxylic acids is 1. The van der Waals surface area contributed by atoms with Crippen molar-refractivity contribution < 1.29 is 24.2 Å². The highest BCUT2D eigenvalue weighted by Crippen LogP contribution is 2.08. The Morgan fingerprint density at radius 2 is 1.94 bits per heavy atom. The summed E-state index contributed by atoms with van der Waals surface area (Å²) in [6, 6.07) is -0.923. The van der Waals surface area contributed by atoms with E-state index in [1.807, 2.05) is 0 Å². The second-order valence-electron chi connectivity index (χ2n) is 4.76. The van der Waals surface area contributed by atoms with Crippen LogP contribution in [0.2, 0.25) is 0 Å². The fraction of sp³-hybridized carbons (Fsp3) is 0.583. The molecule has 0 radical (unpaired) electrons. The van der Waals surface area contributed by atoms with Gasteiger partial charge >= 0.3 is 12.1 Å². The third-order valence-electron chi connectivity index (χ3n) is 1.81. The van der Waals surface area contributed by atoms with E-state index in [1.54, 1.807) is 20.8 Å². The SMILES string of the molecule is C=CCC(NC(=O)OC(C)(C)C)C(=O)CC(=O)O. The number of hydrogen-bond donors (Lipinski definition) is 2. The maximum absolute atomic E-state index is 11.5. The Labute approximate surface area is 106 Å². The molecule has 0 saturated carbocycles. The number of carboxylic acids is 1. The molecule has 1 atom stereocenters. The third-order valence-corrected chi connectivity index (χ3v) is 1.81. The van der Waals surface area contributed by atoms with Gasteiger partial charge in [0.05, 0.1) is 6.04 Å². The van der Waals surface area contributed by atoms with E-state index in [0.717, 1.165) is 0 Å². The van der Waals surface area contributed by atoms with E-state index in [-0.39, 0.29) is 6.42 Å². The lowest BCUT2D eigenvalue weighted by molar-refractivity contribution is -0.140. The van der Waals surface area contributed by atoms with Gasteiger partial charge in [-0.15, -0.1) is 6.58 Å². The Morgan fingerprint density at radius 3 is 2.33 bits per heavy atom. The lowest BCUT2D eigenvalue weighted by atomic mass is 10.1. The van der Waals surface area contributed by atoms with E-state index in [0.29, 0.717) is 0 Å². The summed E-state index contributed by atoms with van der Waals surface area (Å²) in [5.41, 5.74) is -0.682. The van der Waals surface area contributed by atoms with Crippen molar-refractivity contribution in [3.8, 4) is 0 Å². The fourth-order valence-electron chi connectivity index (χ4n) is 1.16. The minimum Gasteiger partial charge on any atom is -0.481 e. The zero-order valence-corrected chi connectivity index (χ0v) is 10.9. The van der Waals surface area contributed by atoms with Crippen LogP contribution in [-0.2, 0) is 14.3 Å². The molecule has 0 aromatic rings. The smallest absolute Gasteiger partial charge is 0.408 e. The van der Waals surface area contributed by atoms with Crippen LogP contribution in [0.1, 0.15) is 33.6 Å². The lowest BCUT2D eigenvalue weighted by Gasteiger charge is -2.22. The Kier molecular flexibility index (Phi) is 6.08. The average molecular weight is 257 g/mol. The predicted molar refractivity (Wildman–Crippen MR) is 65.2 cm³/mol. The van der Waals surface area contributed by atoms with Gasteiger partial charge < -0.3 is 15.2 Å².